The third-order valence-corrected chi connectivity index (χ3v) is 10.3. The van der Waals surface area contributed by atoms with Crippen LogP contribution in [0.3, 0.4) is 0 Å². The highest BCUT2D eigenvalue weighted by Gasteiger charge is 2.66. The predicted molar refractivity (Wildman–Crippen MR) is 126 cm³/mol. The number of hydrogen-bond acceptors (Lipinski definition) is 4. The van der Waals surface area contributed by atoms with Crippen LogP contribution < -0.4 is 5.32 Å². The van der Waals surface area contributed by atoms with E-state index >= 15 is 4.39 Å². The lowest BCUT2D eigenvalue weighted by atomic mass is 9.46. The highest BCUT2D eigenvalue weighted by Crippen LogP contribution is 2.67. The molecule has 0 aromatic heterocycles. The van der Waals surface area contributed by atoms with Crippen molar-refractivity contribution in [2.24, 2.45) is 40.4 Å². The molecular formula is C28H38FNO4. The summed E-state index contributed by atoms with van der Waals surface area (Å²) in [5, 5.41) is 14.5. The lowest BCUT2D eigenvalue weighted by Crippen LogP contribution is -2.59. The van der Waals surface area contributed by atoms with Crippen LogP contribution in [0, 0.1) is 40.4 Å². The summed E-state index contributed by atoms with van der Waals surface area (Å²) in [6, 6.07) is 0.0726. The molecule has 0 aromatic rings. The molecule has 0 bridgehead atoms. The summed E-state index contributed by atoms with van der Waals surface area (Å²) >= 11 is 0. The molecule has 1 amide bonds. The number of Topliss-reactive ketones (excluding diaryl/α,β-unsaturated/α-hetero) is 1. The largest absolute Gasteiger partial charge is 0.393 e. The summed E-state index contributed by atoms with van der Waals surface area (Å²) in [7, 11) is 0. The minimum absolute atomic E-state index is 0.00293. The van der Waals surface area contributed by atoms with E-state index in [9.17, 15) is 19.5 Å². The maximum absolute atomic E-state index is 15.5. The summed E-state index contributed by atoms with van der Waals surface area (Å²) in [5.74, 6) is -1.78. The standard InChI is InChI=1S/C28H38FNO4/c1-15-11-19-18-13-21(29)20-12-17(31)9-10-27(20,2)24(18)22(32)14-28(19,3)23(15)25(33)26(34)30-16-7-5-4-6-8-16/h9-10,12,15-16,18-19,21-24,32H,4-8,11,13-14H2,1-3H3,(H,30,34)/t15?,18-,19-,21?,22?,23+,24+,27-,28-/m0/s1. The number of nitrogens with one attached hydrogen (secondary N) is 1. The Morgan fingerprint density at radius 1 is 1.15 bits per heavy atom. The van der Waals surface area contributed by atoms with Gasteiger partial charge in [0.05, 0.1) is 6.10 Å². The zero-order valence-electron chi connectivity index (χ0n) is 20.6. The predicted octanol–water partition coefficient (Wildman–Crippen LogP) is 4.09. The minimum atomic E-state index is -1.24. The maximum Gasteiger partial charge on any atom is 0.287 e. The van der Waals surface area contributed by atoms with Gasteiger partial charge in [-0.2, -0.15) is 0 Å². The van der Waals surface area contributed by atoms with E-state index < -0.39 is 34.9 Å². The van der Waals surface area contributed by atoms with E-state index in [1.807, 2.05) is 20.8 Å². The van der Waals surface area contributed by atoms with E-state index in [1.54, 1.807) is 6.08 Å². The van der Waals surface area contributed by atoms with Crippen LogP contribution in [0.4, 0.5) is 4.39 Å². The van der Waals surface area contributed by atoms with E-state index in [4.69, 9.17) is 0 Å². The van der Waals surface area contributed by atoms with Gasteiger partial charge in [-0.3, -0.25) is 14.4 Å². The van der Waals surface area contributed by atoms with Crippen LogP contribution >= 0.6 is 0 Å². The first kappa shape index (κ1) is 23.9. The summed E-state index contributed by atoms with van der Waals surface area (Å²) in [6.45, 7) is 6.01. The first-order chi connectivity index (χ1) is 16.1. The minimum Gasteiger partial charge on any atom is -0.393 e. The van der Waals surface area contributed by atoms with Gasteiger partial charge in [0.25, 0.3) is 5.91 Å². The summed E-state index contributed by atoms with van der Waals surface area (Å²) in [4.78, 5) is 38.5. The molecule has 2 N–H and O–H groups in total. The van der Waals surface area contributed by atoms with E-state index in [0.29, 0.717) is 12.0 Å². The van der Waals surface area contributed by atoms with Crippen LogP contribution in [0.5, 0.6) is 0 Å². The summed E-state index contributed by atoms with van der Waals surface area (Å²) in [6.07, 6.45) is 9.33. The third kappa shape index (κ3) is 3.54. The zero-order valence-corrected chi connectivity index (χ0v) is 20.6. The van der Waals surface area contributed by atoms with Crippen LogP contribution in [-0.4, -0.2) is 40.9 Å². The van der Waals surface area contributed by atoms with Crippen LogP contribution in [0.2, 0.25) is 0 Å². The highest BCUT2D eigenvalue weighted by atomic mass is 19.1. The molecule has 5 nitrogen and oxygen atoms in total. The summed E-state index contributed by atoms with van der Waals surface area (Å²) < 4.78 is 15.5. The number of alkyl halides is 1. The van der Waals surface area contributed by atoms with Gasteiger partial charge >= 0.3 is 0 Å². The Morgan fingerprint density at radius 2 is 1.85 bits per heavy atom. The fourth-order valence-corrected chi connectivity index (χ4v) is 8.91. The molecule has 0 aliphatic heterocycles. The number of fused-ring (bicyclic) bond motifs is 5. The van der Waals surface area contributed by atoms with Crippen LogP contribution in [0.1, 0.15) is 72.1 Å². The number of carbonyl (C=O) groups excluding carboxylic acids is 3. The molecule has 0 aromatic carbocycles. The Morgan fingerprint density at radius 3 is 2.56 bits per heavy atom. The average Bonchev–Trinajstić information content (AvgIpc) is 3.04. The van der Waals surface area contributed by atoms with E-state index in [0.717, 1.165) is 32.1 Å². The van der Waals surface area contributed by atoms with Gasteiger partial charge in [-0.1, -0.05) is 46.1 Å². The van der Waals surface area contributed by atoms with Gasteiger partial charge in [-0.15, -0.1) is 0 Å². The second-order valence-electron chi connectivity index (χ2n) is 12.3. The second kappa shape index (κ2) is 8.39. The van der Waals surface area contributed by atoms with Crippen molar-refractivity contribution in [2.75, 3.05) is 0 Å². The first-order valence-corrected chi connectivity index (χ1v) is 13.2. The SMILES string of the molecule is CC1C[C@H]2[C@@H]3CC(F)C4=CC(=O)C=C[C@]4(C)[C@H]3C(O)C[C@]2(C)[C@H]1C(=O)C(=O)NC1CCCCC1. The van der Waals surface area contributed by atoms with Gasteiger partial charge in [0.2, 0.25) is 5.78 Å². The van der Waals surface area contributed by atoms with Crippen LogP contribution in [0.25, 0.3) is 0 Å². The van der Waals surface area contributed by atoms with Crippen molar-refractivity contribution in [3.8, 4) is 0 Å². The number of ketones is 2. The van der Waals surface area contributed by atoms with Crippen molar-refractivity contribution >= 4 is 17.5 Å². The number of allylic oxidation sites excluding steroid dienone is 4. The molecule has 5 rings (SSSR count). The Kier molecular flexibility index (Phi) is 5.90. The van der Waals surface area contributed by atoms with Crippen molar-refractivity contribution in [1.82, 2.24) is 5.32 Å². The summed E-state index contributed by atoms with van der Waals surface area (Å²) in [5.41, 5.74) is -0.776. The molecule has 3 unspecified atom stereocenters. The van der Waals surface area contributed by atoms with Crippen molar-refractivity contribution < 1.29 is 23.9 Å². The number of rotatable bonds is 3. The molecule has 0 heterocycles. The van der Waals surface area contributed by atoms with Gasteiger partial charge < -0.3 is 10.4 Å². The molecule has 4 fully saturated rings. The molecule has 5 aliphatic rings. The Bertz CT molecular complexity index is 952. The van der Waals surface area contributed by atoms with Gasteiger partial charge in [-0.05, 0) is 73.0 Å². The Balaban J connectivity index is 1.42. The van der Waals surface area contributed by atoms with Crippen molar-refractivity contribution in [3.05, 3.63) is 23.8 Å². The Labute approximate surface area is 201 Å². The third-order valence-electron chi connectivity index (χ3n) is 10.3. The molecule has 34 heavy (non-hydrogen) atoms. The second-order valence-corrected chi connectivity index (χ2v) is 12.3. The molecule has 0 spiro atoms. The van der Waals surface area contributed by atoms with Gasteiger partial charge in [-0.25, -0.2) is 4.39 Å². The number of carbonyl (C=O) groups is 3. The fraction of sp³-hybridized carbons (Fsp3) is 0.750. The number of aliphatic hydroxyl groups excluding tert-OH is 1. The van der Waals surface area contributed by atoms with Gasteiger partial charge in [0, 0.05) is 23.3 Å². The smallest absolute Gasteiger partial charge is 0.287 e. The van der Waals surface area contributed by atoms with Gasteiger partial charge in [0.15, 0.2) is 5.78 Å². The molecule has 0 saturated heterocycles. The molecule has 9 atom stereocenters. The van der Waals surface area contributed by atoms with Crippen molar-refractivity contribution in [1.29, 1.82) is 0 Å². The van der Waals surface area contributed by atoms with Crippen molar-refractivity contribution in [2.45, 2.75) is 90.5 Å². The molecule has 0 radical (unpaired) electrons. The number of amides is 1. The van der Waals surface area contributed by atoms with E-state index in [1.165, 1.54) is 18.6 Å². The lowest BCUT2D eigenvalue weighted by molar-refractivity contribution is -0.151. The molecule has 186 valence electrons. The van der Waals surface area contributed by atoms with Crippen molar-refractivity contribution in [3.63, 3.8) is 0 Å². The molecule has 4 saturated carbocycles. The van der Waals surface area contributed by atoms with E-state index in [2.05, 4.69) is 5.32 Å². The quantitative estimate of drug-likeness (QED) is 0.607. The average molecular weight is 472 g/mol. The Hall–Kier alpha value is -1.82. The monoisotopic (exact) mass is 471 g/mol. The van der Waals surface area contributed by atoms with E-state index in [-0.39, 0.29) is 47.7 Å². The maximum atomic E-state index is 15.5. The lowest BCUT2D eigenvalue weighted by Gasteiger charge is -2.59. The number of halogens is 1. The van der Waals surface area contributed by atoms with Crippen LogP contribution in [-0.2, 0) is 14.4 Å². The van der Waals surface area contributed by atoms with Crippen LogP contribution in [0.15, 0.2) is 23.8 Å². The van der Waals surface area contributed by atoms with Gasteiger partial charge in [0.1, 0.15) is 6.17 Å². The molecular weight excluding hydrogens is 433 g/mol. The fourth-order valence-electron chi connectivity index (χ4n) is 8.91. The number of hydrogen-bond donors (Lipinski definition) is 2. The normalized spacial score (nSPS) is 46.2. The zero-order chi connectivity index (χ0) is 24.4. The topological polar surface area (TPSA) is 83.5 Å². The molecule has 5 aliphatic carbocycles. The molecule has 6 heteroatoms. The first-order valence-electron chi connectivity index (χ1n) is 13.2. The number of aliphatic hydroxyl groups is 1. The highest BCUT2D eigenvalue weighted by molar-refractivity contribution is 6.37.